The maximum absolute atomic E-state index is 12.9. The fraction of sp³-hybridized carbons (Fsp3) is 0.111. The molecule has 26 heavy (non-hydrogen) atoms. The molecule has 8 heteroatoms. The van der Waals surface area contributed by atoms with Crippen molar-refractivity contribution in [3.63, 3.8) is 0 Å². The molecule has 0 spiro atoms. The molecule has 0 aliphatic carbocycles. The van der Waals surface area contributed by atoms with Crippen LogP contribution in [-0.4, -0.2) is 34.0 Å². The van der Waals surface area contributed by atoms with Crippen molar-refractivity contribution in [3.05, 3.63) is 60.2 Å². The molecule has 3 aromatic rings. The highest BCUT2D eigenvalue weighted by atomic mass is 19.1. The van der Waals surface area contributed by atoms with Gasteiger partial charge in [-0.2, -0.15) is 5.10 Å². The Hall–Kier alpha value is -3.55. The molecule has 2 aromatic carbocycles. The quantitative estimate of drug-likeness (QED) is 0.755. The summed E-state index contributed by atoms with van der Waals surface area (Å²) >= 11 is 0. The van der Waals surface area contributed by atoms with Gasteiger partial charge in [0, 0.05) is 11.8 Å². The zero-order valence-electron chi connectivity index (χ0n) is 13.5. The molecule has 2 N–H and O–H groups in total. The van der Waals surface area contributed by atoms with Gasteiger partial charge in [0.2, 0.25) is 0 Å². The molecule has 0 atom stereocenters. The summed E-state index contributed by atoms with van der Waals surface area (Å²) in [6, 6.07) is 10.5. The van der Waals surface area contributed by atoms with Crippen molar-refractivity contribution >= 4 is 11.6 Å². The first-order chi connectivity index (χ1) is 12.6. The van der Waals surface area contributed by atoms with Crippen LogP contribution in [-0.2, 0) is 0 Å². The number of halogens is 1. The van der Waals surface area contributed by atoms with Crippen molar-refractivity contribution in [1.29, 1.82) is 0 Å². The van der Waals surface area contributed by atoms with Gasteiger partial charge < -0.3 is 19.9 Å². The molecule has 132 valence electrons. The van der Waals surface area contributed by atoms with E-state index in [2.05, 4.69) is 10.4 Å². The zero-order valence-corrected chi connectivity index (χ0v) is 13.5. The number of carbonyl (C=O) groups is 1. The second-order valence-electron chi connectivity index (χ2n) is 5.60. The van der Waals surface area contributed by atoms with E-state index in [1.165, 1.54) is 35.1 Å². The van der Waals surface area contributed by atoms with Gasteiger partial charge in [0.05, 0.1) is 11.9 Å². The Morgan fingerprint density at radius 1 is 1.12 bits per heavy atom. The number of ether oxygens (including phenoxy) is 2. The van der Waals surface area contributed by atoms with Crippen LogP contribution in [0.1, 0.15) is 10.5 Å². The second-order valence-corrected chi connectivity index (χ2v) is 5.60. The minimum atomic E-state index is -0.606. The van der Waals surface area contributed by atoms with Crippen molar-refractivity contribution in [2.45, 2.75) is 0 Å². The Kier molecular flexibility index (Phi) is 3.92. The number of amides is 1. The Morgan fingerprint density at radius 3 is 2.62 bits per heavy atom. The molecule has 1 aromatic heterocycles. The van der Waals surface area contributed by atoms with Crippen molar-refractivity contribution in [2.75, 3.05) is 18.5 Å². The number of carbonyl (C=O) groups excluding carboxylic acids is 1. The molecule has 7 nitrogen and oxygen atoms in total. The molecule has 1 amide bonds. The van der Waals surface area contributed by atoms with Crippen LogP contribution in [0.2, 0.25) is 0 Å². The lowest BCUT2D eigenvalue weighted by Crippen LogP contribution is -2.15. The highest BCUT2D eigenvalue weighted by molar-refractivity contribution is 6.04. The molecule has 0 saturated carbocycles. The van der Waals surface area contributed by atoms with Crippen LogP contribution in [0.4, 0.5) is 10.1 Å². The van der Waals surface area contributed by atoms with E-state index in [-0.39, 0.29) is 11.4 Å². The lowest BCUT2D eigenvalue weighted by Gasteiger charge is -2.18. The highest BCUT2D eigenvalue weighted by Crippen LogP contribution is 2.32. The van der Waals surface area contributed by atoms with E-state index in [1.807, 2.05) is 0 Å². The standard InChI is InChI=1S/C18H14FN3O4/c19-11-1-3-12(4-2-11)20-18(24)17-14(23)10-22(21-17)13-5-6-15-16(9-13)26-8-7-25-15/h1-6,9-10,23H,7-8H2,(H,20,24). The maximum Gasteiger partial charge on any atom is 0.280 e. The van der Waals surface area contributed by atoms with Gasteiger partial charge >= 0.3 is 0 Å². The Balaban J connectivity index is 1.59. The smallest absolute Gasteiger partial charge is 0.280 e. The molecule has 4 rings (SSSR count). The van der Waals surface area contributed by atoms with E-state index in [4.69, 9.17) is 9.47 Å². The van der Waals surface area contributed by atoms with Gasteiger partial charge in [0.25, 0.3) is 5.91 Å². The van der Waals surface area contributed by atoms with Crippen molar-refractivity contribution in [3.8, 4) is 22.9 Å². The number of anilines is 1. The van der Waals surface area contributed by atoms with Crippen molar-refractivity contribution in [2.24, 2.45) is 0 Å². The van der Waals surface area contributed by atoms with Crippen molar-refractivity contribution in [1.82, 2.24) is 9.78 Å². The number of hydrogen-bond acceptors (Lipinski definition) is 5. The average Bonchev–Trinajstić information content (AvgIpc) is 3.05. The third kappa shape index (κ3) is 3.04. The average molecular weight is 355 g/mol. The topological polar surface area (TPSA) is 85.6 Å². The Labute approximate surface area is 147 Å². The van der Waals surface area contributed by atoms with E-state index in [1.54, 1.807) is 18.2 Å². The first-order valence-electron chi connectivity index (χ1n) is 7.86. The maximum atomic E-state index is 12.9. The van der Waals surface area contributed by atoms with Gasteiger partial charge in [-0.3, -0.25) is 4.79 Å². The number of fused-ring (bicyclic) bond motifs is 1. The van der Waals surface area contributed by atoms with Gasteiger partial charge in [0.15, 0.2) is 22.9 Å². The summed E-state index contributed by atoms with van der Waals surface area (Å²) in [4.78, 5) is 12.3. The lowest BCUT2D eigenvalue weighted by molar-refractivity contribution is 0.101. The fourth-order valence-electron chi connectivity index (χ4n) is 2.56. The van der Waals surface area contributed by atoms with Crippen LogP contribution >= 0.6 is 0 Å². The van der Waals surface area contributed by atoms with Crippen LogP contribution in [0, 0.1) is 5.82 Å². The first kappa shape index (κ1) is 15.9. The Bertz CT molecular complexity index is 969. The van der Waals surface area contributed by atoms with Crippen LogP contribution in [0.5, 0.6) is 17.2 Å². The monoisotopic (exact) mass is 355 g/mol. The van der Waals surface area contributed by atoms with Gasteiger partial charge in [-0.05, 0) is 36.4 Å². The number of hydrogen-bond donors (Lipinski definition) is 2. The molecular formula is C18H14FN3O4. The molecule has 0 fully saturated rings. The lowest BCUT2D eigenvalue weighted by atomic mass is 10.2. The molecule has 0 saturated heterocycles. The number of nitrogens with one attached hydrogen (secondary N) is 1. The summed E-state index contributed by atoms with van der Waals surface area (Å²) in [7, 11) is 0. The van der Waals surface area contributed by atoms with Gasteiger partial charge in [-0.25, -0.2) is 9.07 Å². The number of aromatic nitrogens is 2. The van der Waals surface area contributed by atoms with Crippen molar-refractivity contribution < 1.29 is 23.8 Å². The minimum Gasteiger partial charge on any atom is -0.504 e. The SMILES string of the molecule is O=C(Nc1ccc(F)cc1)c1nn(-c2ccc3c(c2)OCCO3)cc1O. The molecule has 0 bridgehead atoms. The third-order valence-corrected chi connectivity index (χ3v) is 3.80. The van der Waals surface area contributed by atoms with Crippen LogP contribution in [0.15, 0.2) is 48.7 Å². The summed E-state index contributed by atoms with van der Waals surface area (Å²) in [5.74, 6) is -0.0923. The zero-order chi connectivity index (χ0) is 18.1. The number of nitrogens with zero attached hydrogens (tertiary/aromatic N) is 2. The van der Waals surface area contributed by atoms with Crippen LogP contribution in [0.3, 0.4) is 0 Å². The van der Waals surface area contributed by atoms with Crippen LogP contribution in [0.25, 0.3) is 5.69 Å². The third-order valence-electron chi connectivity index (χ3n) is 3.80. The summed E-state index contributed by atoms with van der Waals surface area (Å²) in [5, 5.41) is 16.7. The summed E-state index contributed by atoms with van der Waals surface area (Å²) < 4.78 is 25.3. The molecule has 1 aliphatic rings. The molecular weight excluding hydrogens is 341 g/mol. The predicted octanol–water partition coefficient (Wildman–Crippen LogP) is 2.74. The first-order valence-corrected chi connectivity index (χ1v) is 7.86. The molecule has 0 unspecified atom stereocenters. The predicted molar refractivity (Wildman–Crippen MR) is 90.6 cm³/mol. The molecule has 2 heterocycles. The molecule has 0 radical (unpaired) electrons. The van der Waals surface area contributed by atoms with Gasteiger partial charge in [0.1, 0.15) is 19.0 Å². The van der Waals surface area contributed by atoms with Gasteiger partial charge in [-0.15, -0.1) is 0 Å². The van der Waals surface area contributed by atoms with E-state index in [9.17, 15) is 14.3 Å². The minimum absolute atomic E-state index is 0.149. The van der Waals surface area contributed by atoms with Crippen LogP contribution < -0.4 is 14.8 Å². The van der Waals surface area contributed by atoms with E-state index < -0.39 is 11.7 Å². The van der Waals surface area contributed by atoms with E-state index in [0.29, 0.717) is 36.1 Å². The van der Waals surface area contributed by atoms with E-state index in [0.717, 1.165) is 0 Å². The largest absolute Gasteiger partial charge is 0.504 e. The highest BCUT2D eigenvalue weighted by Gasteiger charge is 2.19. The molecule has 1 aliphatic heterocycles. The number of rotatable bonds is 3. The second kappa shape index (κ2) is 6.40. The Morgan fingerprint density at radius 2 is 1.85 bits per heavy atom. The normalized spacial score (nSPS) is 12.7. The van der Waals surface area contributed by atoms with Gasteiger partial charge in [-0.1, -0.05) is 0 Å². The van der Waals surface area contributed by atoms with E-state index >= 15 is 0 Å². The fourth-order valence-corrected chi connectivity index (χ4v) is 2.56. The number of aromatic hydroxyl groups is 1. The summed E-state index contributed by atoms with van der Waals surface area (Å²) in [6.07, 6.45) is 1.32. The number of benzene rings is 2. The summed E-state index contributed by atoms with van der Waals surface area (Å²) in [5.41, 5.74) is 0.847. The summed E-state index contributed by atoms with van der Waals surface area (Å²) in [6.45, 7) is 0.939.